The van der Waals surface area contributed by atoms with Crippen LogP contribution >= 0.6 is 0 Å². The Bertz CT molecular complexity index is 368. The minimum Gasteiger partial charge on any atom is -0.367 e. The first-order valence-electron chi connectivity index (χ1n) is 6.19. The molecule has 0 amide bonds. The van der Waals surface area contributed by atoms with Crippen molar-refractivity contribution in [1.29, 1.82) is 0 Å². The van der Waals surface area contributed by atoms with E-state index in [1.54, 1.807) is 0 Å². The van der Waals surface area contributed by atoms with Crippen LogP contribution in [-0.4, -0.2) is 22.6 Å². The third kappa shape index (κ3) is 4.21. The lowest BCUT2D eigenvalue weighted by atomic mass is 9.88. The fourth-order valence-corrected chi connectivity index (χ4v) is 1.32. The molecule has 0 bridgehead atoms. The summed E-state index contributed by atoms with van der Waals surface area (Å²) in [6.45, 7) is 13.7. The lowest BCUT2D eigenvalue weighted by Crippen LogP contribution is -2.31. The van der Waals surface area contributed by atoms with E-state index in [0.717, 1.165) is 18.1 Å². The smallest absolute Gasteiger partial charge is 0.224 e. The molecule has 0 fully saturated rings. The van der Waals surface area contributed by atoms with Crippen molar-refractivity contribution in [2.75, 3.05) is 17.2 Å². The molecule has 17 heavy (non-hydrogen) atoms. The van der Waals surface area contributed by atoms with Crippen molar-refractivity contribution in [3.05, 3.63) is 11.8 Å². The largest absolute Gasteiger partial charge is 0.367 e. The summed E-state index contributed by atoms with van der Waals surface area (Å²) in [5.74, 6) is 1.58. The molecule has 0 radical (unpaired) electrons. The minimum atomic E-state index is 0.206. The van der Waals surface area contributed by atoms with Gasteiger partial charge in [-0.1, -0.05) is 20.8 Å². The molecule has 0 aliphatic rings. The first-order valence-corrected chi connectivity index (χ1v) is 6.19. The third-order valence-corrected chi connectivity index (χ3v) is 2.85. The highest BCUT2D eigenvalue weighted by molar-refractivity contribution is 5.43. The first kappa shape index (κ1) is 13.7. The van der Waals surface area contributed by atoms with E-state index in [4.69, 9.17) is 0 Å². The Labute approximate surface area is 104 Å². The SMILES string of the molecule is CCNc1nc(C)cc(NC(C)C(C)(C)C)n1. The Morgan fingerprint density at radius 3 is 2.47 bits per heavy atom. The molecule has 2 N–H and O–H groups in total. The molecule has 0 aromatic carbocycles. The Kier molecular flexibility index (Phi) is 4.32. The highest BCUT2D eigenvalue weighted by atomic mass is 15.1. The van der Waals surface area contributed by atoms with Crippen LogP contribution in [0.2, 0.25) is 0 Å². The molecule has 96 valence electrons. The maximum atomic E-state index is 4.44. The number of rotatable bonds is 4. The summed E-state index contributed by atoms with van der Waals surface area (Å²) in [6, 6.07) is 2.33. The monoisotopic (exact) mass is 236 g/mol. The summed E-state index contributed by atoms with van der Waals surface area (Å²) in [4.78, 5) is 8.77. The zero-order valence-electron chi connectivity index (χ0n) is 11.8. The van der Waals surface area contributed by atoms with Gasteiger partial charge in [0.1, 0.15) is 5.82 Å². The van der Waals surface area contributed by atoms with Gasteiger partial charge in [-0.3, -0.25) is 0 Å². The molecule has 1 unspecified atom stereocenters. The molecule has 1 rings (SSSR count). The maximum Gasteiger partial charge on any atom is 0.224 e. The summed E-state index contributed by atoms with van der Waals surface area (Å²) < 4.78 is 0. The van der Waals surface area contributed by atoms with E-state index in [2.05, 4.69) is 48.3 Å². The van der Waals surface area contributed by atoms with Gasteiger partial charge in [0.25, 0.3) is 0 Å². The standard InChI is InChI=1S/C13H24N4/c1-7-14-12-15-9(2)8-11(17-12)16-10(3)13(4,5)6/h8,10H,7H2,1-6H3,(H2,14,15,16,17). The van der Waals surface area contributed by atoms with Gasteiger partial charge >= 0.3 is 0 Å². The maximum absolute atomic E-state index is 4.44. The summed E-state index contributed by atoms with van der Waals surface area (Å²) in [5, 5.41) is 6.57. The normalized spacial score (nSPS) is 13.3. The molecule has 1 aromatic heterocycles. The lowest BCUT2D eigenvalue weighted by Gasteiger charge is -2.28. The third-order valence-electron chi connectivity index (χ3n) is 2.85. The van der Waals surface area contributed by atoms with Crippen molar-refractivity contribution in [2.45, 2.75) is 47.6 Å². The van der Waals surface area contributed by atoms with Crippen molar-refractivity contribution in [2.24, 2.45) is 5.41 Å². The van der Waals surface area contributed by atoms with E-state index in [0.29, 0.717) is 12.0 Å². The number of hydrogen-bond acceptors (Lipinski definition) is 4. The molecule has 1 atom stereocenters. The first-order chi connectivity index (χ1) is 7.82. The van der Waals surface area contributed by atoms with Crippen molar-refractivity contribution in [3.63, 3.8) is 0 Å². The van der Waals surface area contributed by atoms with Crippen LogP contribution in [-0.2, 0) is 0 Å². The van der Waals surface area contributed by atoms with E-state index in [1.165, 1.54) is 0 Å². The van der Waals surface area contributed by atoms with E-state index < -0.39 is 0 Å². The molecular weight excluding hydrogens is 212 g/mol. The fourth-order valence-electron chi connectivity index (χ4n) is 1.32. The predicted molar refractivity (Wildman–Crippen MR) is 73.5 cm³/mol. The molecule has 1 heterocycles. The Morgan fingerprint density at radius 1 is 1.29 bits per heavy atom. The van der Waals surface area contributed by atoms with Gasteiger partial charge in [0.2, 0.25) is 5.95 Å². The van der Waals surface area contributed by atoms with E-state index in [-0.39, 0.29) is 5.41 Å². The topological polar surface area (TPSA) is 49.8 Å². The van der Waals surface area contributed by atoms with Gasteiger partial charge in [-0.25, -0.2) is 4.98 Å². The van der Waals surface area contributed by atoms with E-state index in [9.17, 15) is 0 Å². The van der Waals surface area contributed by atoms with Crippen LogP contribution < -0.4 is 10.6 Å². The lowest BCUT2D eigenvalue weighted by molar-refractivity contribution is 0.358. The molecule has 1 aromatic rings. The average Bonchev–Trinajstić information content (AvgIpc) is 2.15. The molecule has 4 heteroatoms. The van der Waals surface area contributed by atoms with Crippen LogP contribution in [0.1, 0.15) is 40.3 Å². The van der Waals surface area contributed by atoms with Gasteiger partial charge in [0, 0.05) is 24.3 Å². The Hall–Kier alpha value is -1.32. The van der Waals surface area contributed by atoms with Gasteiger partial charge in [-0.2, -0.15) is 4.98 Å². The van der Waals surface area contributed by atoms with Crippen LogP contribution in [0.15, 0.2) is 6.07 Å². The van der Waals surface area contributed by atoms with Crippen LogP contribution in [0, 0.1) is 12.3 Å². The van der Waals surface area contributed by atoms with Gasteiger partial charge in [0.15, 0.2) is 0 Å². The highest BCUT2D eigenvalue weighted by Crippen LogP contribution is 2.22. The zero-order valence-corrected chi connectivity index (χ0v) is 11.8. The number of aromatic nitrogens is 2. The Balaban J connectivity index is 2.84. The van der Waals surface area contributed by atoms with Gasteiger partial charge in [0.05, 0.1) is 0 Å². The quantitative estimate of drug-likeness (QED) is 0.843. The molecule has 0 aliphatic heterocycles. The van der Waals surface area contributed by atoms with Crippen LogP contribution in [0.5, 0.6) is 0 Å². The van der Waals surface area contributed by atoms with Gasteiger partial charge in [-0.15, -0.1) is 0 Å². The summed E-state index contributed by atoms with van der Waals surface area (Å²) in [7, 11) is 0. The number of aryl methyl sites for hydroxylation is 1. The number of hydrogen-bond donors (Lipinski definition) is 2. The van der Waals surface area contributed by atoms with Crippen molar-refractivity contribution in [3.8, 4) is 0 Å². The van der Waals surface area contributed by atoms with Gasteiger partial charge < -0.3 is 10.6 Å². The summed E-state index contributed by atoms with van der Waals surface area (Å²) in [6.07, 6.45) is 0. The fraction of sp³-hybridized carbons (Fsp3) is 0.692. The van der Waals surface area contributed by atoms with E-state index in [1.807, 2.05) is 19.9 Å². The van der Waals surface area contributed by atoms with Crippen LogP contribution in [0.4, 0.5) is 11.8 Å². The number of anilines is 2. The summed E-state index contributed by atoms with van der Waals surface area (Å²) in [5.41, 5.74) is 1.18. The van der Waals surface area contributed by atoms with Crippen LogP contribution in [0.25, 0.3) is 0 Å². The second-order valence-electron chi connectivity index (χ2n) is 5.48. The number of nitrogens with zero attached hydrogens (tertiary/aromatic N) is 2. The molecular formula is C13H24N4. The van der Waals surface area contributed by atoms with Gasteiger partial charge in [-0.05, 0) is 26.2 Å². The zero-order chi connectivity index (χ0) is 13.1. The molecule has 0 spiro atoms. The van der Waals surface area contributed by atoms with Crippen molar-refractivity contribution in [1.82, 2.24) is 9.97 Å². The van der Waals surface area contributed by atoms with Crippen molar-refractivity contribution >= 4 is 11.8 Å². The summed E-state index contributed by atoms with van der Waals surface area (Å²) >= 11 is 0. The average molecular weight is 236 g/mol. The molecule has 0 saturated heterocycles. The van der Waals surface area contributed by atoms with Crippen LogP contribution in [0.3, 0.4) is 0 Å². The molecule has 0 saturated carbocycles. The minimum absolute atomic E-state index is 0.206. The second-order valence-corrected chi connectivity index (χ2v) is 5.48. The predicted octanol–water partition coefficient (Wildman–Crippen LogP) is 3.06. The Morgan fingerprint density at radius 2 is 1.94 bits per heavy atom. The van der Waals surface area contributed by atoms with Crippen molar-refractivity contribution < 1.29 is 0 Å². The molecule has 4 nitrogen and oxygen atoms in total. The number of nitrogens with one attached hydrogen (secondary N) is 2. The van der Waals surface area contributed by atoms with E-state index >= 15 is 0 Å². The highest BCUT2D eigenvalue weighted by Gasteiger charge is 2.20. The molecule has 0 aliphatic carbocycles. The second kappa shape index (κ2) is 5.34.